The Kier molecular flexibility index (Phi) is 3.62. The van der Waals surface area contributed by atoms with Gasteiger partial charge in [0.15, 0.2) is 0 Å². The summed E-state index contributed by atoms with van der Waals surface area (Å²) in [5.41, 5.74) is 2.46. The maximum atomic E-state index is 13.0. The lowest BCUT2D eigenvalue weighted by atomic mass is 10.0. The van der Waals surface area contributed by atoms with Gasteiger partial charge in [0.2, 0.25) is 0 Å². The van der Waals surface area contributed by atoms with Crippen LogP contribution in [0.5, 0.6) is 0 Å². The third-order valence-electron chi connectivity index (χ3n) is 2.39. The van der Waals surface area contributed by atoms with E-state index in [1.807, 2.05) is 36.4 Å². The van der Waals surface area contributed by atoms with E-state index in [-0.39, 0.29) is 0 Å². The minimum Gasteiger partial charge on any atom is -0.246 e. The lowest BCUT2D eigenvalue weighted by Crippen LogP contribution is -1.88. The van der Waals surface area contributed by atoms with Gasteiger partial charge in [-0.2, -0.15) is 0 Å². The van der Waals surface area contributed by atoms with Gasteiger partial charge in [0.1, 0.15) is 6.67 Å². The van der Waals surface area contributed by atoms with E-state index in [4.69, 9.17) is 11.6 Å². The number of halogens is 3. The molecule has 2 aromatic carbocycles. The number of hydrogen-bond donors (Lipinski definition) is 0. The Morgan fingerprint density at radius 1 is 1.12 bits per heavy atom. The first-order valence-electron chi connectivity index (χ1n) is 4.81. The Balaban J connectivity index is 2.60. The van der Waals surface area contributed by atoms with Crippen LogP contribution in [0.15, 0.2) is 46.9 Å². The zero-order valence-electron chi connectivity index (χ0n) is 8.38. The second kappa shape index (κ2) is 4.98. The van der Waals surface area contributed by atoms with Gasteiger partial charge in [-0.3, -0.25) is 0 Å². The van der Waals surface area contributed by atoms with E-state index < -0.39 is 6.67 Å². The maximum absolute atomic E-state index is 13.0. The van der Waals surface area contributed by atoms with Crippen LogP contribution in [-0.4, -0.2) is 0 Å². The minimum atomic E-state index is -0.497. The van der Waals surface area contributed by atoms with Crippen LogP contribution in [0.4, 0.5) is 4.39 Å². The molecule has 16 heavy (non-hydrogen) atoms. The maximum Gasteiger partial charge on any atom is 0.116 e. The van der Waals surface area contributed by atoms with Gasteiger partial charge in [-0.25, -0.2) is 4.39 Å². The van der Waals surface area contributed by atoms with Crippen LogP contribution in [0.25, 0.3) is 11.1 Å². The first-order valence-corrected chi connectivity index (χ1v) is 5.99. The van der Waals surface area contributed by atoms with Crippen molar-refractivity contribution < 1.29 is 4.39 Å². The van der Waals surface area contributed by atoms with E-state index in [9.17, 15) is 4.39 Å². The van der Waals surface area contributed by atoms with Crippen LogP contribution < -0.4 is 0 Å². The molecule has 3 heteroatoms. The van der Waals surface area contributed by atoms with Gasteiger partial charge < -0.3 is 0 Å². The summed E-state index contributed by atoms with van der Waals surface area (Å²) in [6.07, 6.45) is 0. The molecule has 82 valence electrons. The number of benzene rings is 2. The van der Waals surface area contributed by atoms with Crippen LogP contribution in [-0.2, 0) is 6.67 Å². The lowest BCUT2D eigenvalue weighted by molar-refractivity contribution is 0.485. The third kappa shape index (κ3) is 2.28. The molecular weight excluding hydrogens is 290 g/mol. The van der Waals surface area contributed by atoms with E-state index >= 15 is 0 Å². The molecule has 0 aliphatic carbocycles. The molecule has 0 saturated heterocycles. The van der Waals surface area contributed by atoms with Gasteiger partial charge in [0, 0.05) is 15.1 Å². The Labute approximate surface area is 107 Å². The van der Waals surface area contributed by atoms with Crippen LogP contribution in [0, 0.1) is 0 Å². The molecule has 0 amide bonds. The van der Waals surface area contributed by atoms with Crippen molar-refractivity contribution >= 4 is 27.5 Å². The fourth-order valence-corrected chi connectivity index (χ4v) is 2.28. The van der Waals surface area contributed by atoms with Crippen LogP contribution in [0.3, 0.4) is 0 Å². The molecule has 0 unspecified atom stereocenters. The van der Waals surface area contributed by atoms with Crippen molar-refractivity contribution in [1.82, 2.24) is 0 Å². The molecule has 0 N–H and O–H groups in total. The zero-order valence-corrected chi connectivity index (χ0v) is 10.7. The largest absolute Gasteiger partial charge is 0.246 e. The first-order chi connectivity index (χ1) is 7.72. The molecule has 0 heterocycles. The number of alkyl halides is 1. The summed E-state index contributed by atoms with van der Waals surface area (Å²) in [7, 11) is 0. The highest BCUT2D eigenvalue weighted by atomic mass is 79.9. The molecule has 0 radical (unpaired) electrons. The Morgan fingerprint density at radius 2 is 1.88 bits per heavy atom. The van der Waals surface area contributed by atoms with Crippen molar-refractivity contribution in [3.8, 4) is 11.1 Å². The average molecular weight is 300 g/mol. The summed E-state index contributed by atoms with van der Waals surface area (Å²) in [6, 6.07) is 13.0. The Morgan fingerprint density at radius 3 is 2.56 bits per heavy atom. The van der Waals surface area contributed by atoms with Gasteiger partial charge in [-0.05, 0) is 29.3 Å². The predicted molar refractivity (Wildman–Crippen MR) is 69.4 cm³/mol. The molecule has 0 bridgehead atoms. The quantitative estimate of drug-likeness (QED) is 0.711. The monoisotopic (exact) mass is 298 g/mol. The molecule has 0 aromatic heterocycles. The smallest absolute Gasteiger partial charge is 0.116 e. The molecule has 0 nitrogen and oxygen atoms in total. The molecule has 2 rings (SSSR count). The van der Waals surface area contributed by atoms with Gasteiger partial charge in [-0.15, -0.1) is 0 Å². The van der Waals surface area contributed by atoms with E-state index in [1.165, 1.54) is 0 Å². The van der Waals surface area contributed by atoms with Crippen molar-refractivity contribution in [3.63, 3.8) is 0 Å². The summed E-state index contributed by atoms with van der Waals surface area (Å²) in [5.74, 6) is 0. The summed E-state index contributed by atoms with van der Waals surface area (Å²) in [6.45, 7) is -0.497. The normalized spacial score (nSPS) is 10.4. The molecule has 0 aliphatic rings. The second-order valence-corrected chi connectivity index (χ2v) is 4.70. The Hall–Kier alpha value is -0.860. The van der Waals surface area contributed by atoms with Crippen LogP contribution in [0.2, 0.25) is 5.02 Å². The highest BCUT2D eigenvalue weighted by Gasteiger charge is 2.08. The molecule has 0 saturated carbocycles. The molecule has 0 spiro atoms. The summed E-state index contributed by atoms with van der Waals surface area (Å²) in [5, 5.41) is 0.655. The summed E-state index contributed by atoms with van der Waals surface area (Å²) >= 11 is 9.27. The van der Waals surface area contributed by atoms with Gasteiger partial charge in [0.05, 0.1) is 0 Å². The third-order valence-corrected chi connectivity index (χ3v) is 3.37. The lowest BCUT2D eigenvalue weighted by Gasteiger charge is -2.09. The Bertz CT molecular complexity index is 511. The van der Waals surface area contributed by atoms with Crippen molar-refractivity contribution in [3.05, 3.63) is 57.5 Å². The van der Waals surface area contributed by atoms with Crippen molar-refractivity contribution in [1.29, 1.82) is 0 Å². The SMILES string of the molecule is FCc1c(Br)cccc1-c1cccc(Cl)c1. The fraction of sp³-hybridized carbons (Fsp3) is 0.0769. The molecule has 0 fully saturated rings. The first kappa shape index (κ1) is 11.6. The number of hydrogen-bond acceptors (Lipinski definition) is 0. The van der Waals surface area contributed by atoms with E-state index in [0.717, 1.165) is 15.6 Å². The van der Waals surface area contributed by atoms with Crippen molar-refractivity contribution in [2.45, 2.75) is 6.67 Å². The van der Waals surface area contributed by atoms with Gasteiger partial charge in [0.25, 0.3) is 0 Å². The molecule has 0 aliphatic heterocycles. The van der Waals surface area contributed by atoms with E-state index in [0.29, 0.717) is 10.6 Å². The highest BCUT2D eigenvalue weighted by Crippen LogP contribution is 2.31. The molecular formula is C13H9BrClF. The number of rotatable bonds is 2. The fourth-order valence-electron chi connectivity index (χ4n) is 1.62. The van der Waals surface area contributed by atoms with Gasteiger partial charge in [-0.1, -0.05) is 51.8 Å². The van der Waals surface area contributed by atoms with E-state index in [1.54, 1.807) is 6.07 Å². The minimum absolute atomic E-state index is 0.497. The molecule has 0 atom stereocenters. The predicted octanol–water partition coefficient (Wildman–Crippen LogP) is 5.24. The average Bonchev–Trinajstić information content (AvgIpc) is 2.28. The standard InChI is InChI=1S/C13H9BrClF/c14-13-6-2-5-11(12(13)8-16)9-3-1-4-10(15)7-9/h1-7H,8H2. The van der Waals surface area contributed by atoms with E-state index in [2.05, 4.69) is 15.9 Å². The second-order valence-electron chi connectivity index (χ2n) is 3.41. The molecule has 2 aromatic rings. The topological polar surface area (TPSA) is 0 Å². The van der Waals surface area contributed by atoms with Crippen LogP contribution >= 0.6 is 27.5 Å². The van der Waals surface area contributed by atoms with Crippen molar-refractivity contribution in [2.24, 2.45) is 0 Å². The zero-order chi connectivity index (χ0) is 11.5. The summed E-state index contributed by atoms with van der Waals surface area (Å²) < 4.78 is 13.8. The van der Waals surface area contributed by atoms with Gasteiger partial charge >= 0.3 is 0 Å². The van der Waals surface area contributed by atoms with Crippen LogP contribution in [0.1, 0.15) is 5.56 Å². The summed E-state index contributed by atoms with van der Waals surface area (Å²) in [4.78, 5) is 0. The highest BCUT2D eigenvalue weighted by molar-refractivity contribution is 9.10. The van der Waals surface area contributed by atoms with Crippen molar-refractivity contribution in [2.75, 3.05) is 0 Å².